The van der Waals surface area contributed by atoms with E-state index in [0.717, 1.165) is 43.9 Å². The summed E-state index contributed by atoms with van der Waals surface area (Å²) in [6, 6.07) is 13.2. The molecule has 0 saturated heterocycles. The first-order valence-corrected chi connectivity index (χ1v) is 10.6. The summed E-state index contributed by atoms with van der Waals surface area (Å²) in [5, 5.41) is 2.77. The maximum Gasteiger partial charge on any atom is 0.257 e. The van der Waals surface area contributed by atoms with Crippen molar-refractivity contribution in [3.63, 3.8) is 0 Å². The number of carbonyl (C=O) groups is 2. The predicted molar refractivity (Wildman–Crippen MR) is 117 cm³/mol. The number of hydrogen-bond acceptors (Lipinski definition) is 3. The maximum absolute atomic E-state index is 14.3. The molecule has 4 rings (SSSR count). The molecule has 164 valence electrons. The fourth-order valence-corrected chi connectivity index (χ4v) is 4.03. The molecule has 0 aliphatic heterocycles. The van der Waals surface area contributed by atoms with Gasteiger partial charge in [-0.3, -0.25) is 14.6 Å². The van der Waals surface area contributed by atoms with Crippen LogP contribution < -0.4 is 5.32 Å². The lowest BCUT2D eigenvalue weighted by molar-refractivity contribution is 0.0662. The summed E-state index contributed by atoms with van der Waals surface area (Å²) in [4.78, 5) is 31.4. The van der Waals surface area contributed by atoms with Gasteiger partial charge < -0.3 is 10.2 Å². The van der Waals surface area contributed by atoms with Crippen LogP contribution >= 0.6 is 0 Å². The number of hydrogen-bond donors (Lipinski definition) is 1. The van der Waals surface area contributed by atoms with Crippen molar-refractivity contribution >= 4 is 17.5 Å². The minimum absolute atomic E-state index is 0.0145. The van der Waals surface area contributed by atoms with Crippen LogP contribution in [0.4, 0.5) is 14.5 Å². The van der Waals surface area contributed by atoms with E-state index >= 15 is 0 Å². The van der Waals surface area contributed by atoms with Gasteiger partial charge in [0.15, 0.2) is 0 Å². The van der Waals surface area contributed by atoms with E-state index in [-0.39, 0.29) is 30.0 Å². The number of anilines is 1. The number of halogens is 2. The Labute approximate surface area is 185 Å². The zero-order valence-electron chi connectivity index (χ0n) is 17.4. The molecule has 7 heteroatoms. The van der Waals surface area contributed by atoms with Crippen molar-refractivity contribution in [1.82, 2.24) is 9.88 Å². The topological polar surface area (TPSA) is 62.3 Å². The SMILES string of the molecule is O=C(Nc1cccc(C(=O)N(Cc2cc(F)ccc2F)C2CCCC2)c1)c1cccnc1. The van der Waals surface area contributed by atoms with Gasteiger partial charge in [0.1, 0.15) is 11.6 Å². The highest BCUT2D eigenvalue weighted by Gasteiger charge is 2.28. The Kier molecular flexibility index (Phi) is 6.54. The Morgan fingerprint density at radius 1 is 1.00 bits per heavy atom. The fourth-order valence-electron chi connectivity index (χ4n) is 4.03. The molecule has 1 aliphatic carbocycles. The molecule has 1 saturated carbocycles. The third kappa shape index (κ3) is 4.99. The van der Waals surface area contributed by atoms with E-state index in [1.54, 1.807) is 47.5 Å². The summed E-state index contributed by atoms with van der Waals surface area (Å²) in [5.41, 5.74) is 1.38. The molecule has 3 aromatic rings. The van der Waals surface area contributed by atoms with E-state index in [9.17, 15) is 18.4 Å². The van der Waals surface area contributed by atoms with Crippen LogP contribution in [0.3, 0.4) is 0 Å². The Morgan fingerprint density at radius 2 is 1.78 bits per heavy atom. The van der Waals surface area contributed by atoms with Crippen molar-refractivity contribution in [2.45, 2.75) is 38.3 Å². The Balaban J connectivity index is 1.57. The average molecular weight is 435 g/mol. The number of nitrogens with one attached hydrogen (secondary N) is 1. The number of rotatable bonds is 6. The van der Waals surface area contributed by atoms with Crippen LogP contribution in [0.2, 0.25) is 0 Å². The third-order valence-corrected chi connectivity index (χ3v) is 5.67. The minimum Gasteiger partial charge on any atom is -0.331 e. The number of aromatic nitrogens is 1. The molecule has 1 aromatic heterocycles. The van der Waals surface area contributed by atoms with Gasteiger partial charge in [0.2, 0.25) is 0 Å². The van der Waals surface area contributed by atoms with Crippen LogP contribution in [0, 0.1) is 11.6 Å². The van der Waals surface area contributed by atoms with Crippen LogP contribution in [-0.4, -0.2) is 27.7 Å². The molecular formula is C25H23F2N3O2. The first kappa shape index (κ1) is 21.6. The van der Waals surface area contributed by atoms with Crippen LogP contribution in [-0.2, 0) is 6.54 Å². The van der Waals surface area contributed by atoms with Gasteiger partial charge in [-0.2, -0.15) is 0 Å². The molecule has 1 aliphatic rings. The molecule has 2 aromatic carbocycles. The van der Waals surface area contributed by atoms with Crippen LogP contribution in [0.15, 0.2) is 67.0 Å². The molecular weight excluding hydrogens is 412 g/mol. The molecule has 1 heterocycles. The second-order valence-corrected chi connectivity index (χ2v) is 7.88. The molecule has 0 radical (unpaired) electrons. The average Bonchev–Trinajstić information content (AvgIpc) is 3.34. The van der Waals surface area contributed by atoms with Gasteiger partial charge in [-0.1, -0.05) is 18.9 Å². The van der Waals surface area contributed by atoms with E-state index < -0.39 is 11.6 Å². The lowest BCUT2D eigenvalue weighted by atomic mass is 10.1. The molecule has 2 amide bonds. The summed E-state index contributed by atoms with van der Waals surface area (Å²) in [7, 11) is 0. The van der Waals surface area contributed by atoms with Gasteiger partial charge in [0.05, 0.1) is 5.56 Å². The van der Waals surface area contributed by atoms with Gasteiger partial charge in [0, 0.05) is 41.8 Å². The smallest absolute Gasteiger partial charge is 0.257 e. The molecule has 0 bridgehead atoms. The van der Waals surface area contributed by atoms with Crippen LogP contribution in [0.1, 0.15) is 52.0 Å². The second-order valence-electron chi connectivity index (χ2n) is 7.88. The third-order valence-electron chi connectivity index (χ3n) is 5.67. The normalized spacial score (nSPS) is 13.7. The fraction of sp³-hybridized carbons (Fsp3) is 0.240. The van der Waals surface area contributed by atoms with Crippen molar-refractivity contribution in [2.75, 3.05) is 5.32 Å². The predicted octanol–water partition coefficient (Wildman–Crippen LogP) is 5.20. The van der Waals surface area contributed by atoms with Crippen molar-refractivity contribution in [3.05, 3.63) is 95.3 Å². The molecule has 5 nitrogen and oxygen atoms in total. The van der Waals surface area contributed by atoms with E-state index in [1.807, 2.05) is 0 Å². The van der Waals surface area contributed by atoms with Crippen molar-refractivity contribution in [1.29, 1.82) is 0 Å². The molecule has 1 fully saturated rings. The highest BCUT2D eigenvalue weighted by Crippen LogP contribution is 2.28. The summed E-state index contributed by atoms with van der Waals surface area (Å²) >= 11 is 0. The van der Waals surface area contributed by atoms with Crippen LogP contribution in [0.25, 0.3) is 0 Å². The lowest BCUT2D eigenvalue weighted by Gasteiger charge is -2.29. The number of amides is 2. The Morgan fingerprint density at radius 3 is 2.53 bits per heavy atom. The van der Waals surface area contributed by atoms with Crippen molar-refractivity contribution in [2.24, 2.45) is 0 Å². The largest absolute Gasteiger partial charge is 0.331 e. The number of carbonyl (C=O) groups excluding carboxylic acids is 2. The molecule has 1 N–H and O–H groups in total. The highest BCUT2D eigenvalue weighted by molar-refractivity contribution is 6.05. The summed E-state index contributed by atoms with van der Waals surface area (Å²) in [6.07, 6.45) is 6.65. The van der Waals surface area contributed by atoms with Crippen LogP contribution in [0.5, 0.6) is 0 Å². The van der Waals surface area contributed by atoms with Gasteiger partial charge in [0.25, 0.3) is 11.8 Å². The first-order valence-electron chi connectivity index (χ1n) is 10.6. The summed E-state index contributed by atoms with van der Waals surface area (Å²) < 4.78 is 28.0. The minimum atomic E-state index is -0.542. The molecule has 0 unspecified atom stereocenters. The number of benzene rings is 2. The van der Waals surface area contributed by atoms with Gasteiger partial charge in [-0.25, -0.2) is 8.78 Å². The highest BCUT2D eigenvalue weighted by atomic mass is 19.1. The number of pyridine rings is 1. The number of nitrogens with zero attached hydrogens (tertiary/aromatic N) is 2. The summed E-state index contributed by atoms with van der Waals surface area (Å²) in [5.74, 6) is -1.70. The van der Waals surface area contributed by atoms with E-state index in [1.165, 1.54) is 6.20 Å². The van der Waals surface area contributed by atoms with Gasteiger partial charge in [-0.15, -0.1) is 0 Å². The monoisotopic (exact) mass is 435 g/mol. The summed E-state index contributed by atoms with van der Waals surface area (Å²) in [6.45, 7) is -0.0145. The first-order chi connectivity index (χ1) is 15.5. The second kappa shape index (κ2) is 9.68. The van der Waals surface area contributed by atoms with E-state index in [4.69, 9.17) is 0 Å². The molecule has 32 heavy (non-hydrogen) atoms. The van der Waals surface area contributed by atoms with Gasteiger partial charge >= 0.3 is 0 Å². The van der Waals surface area contributed by atoms with Gasteiger partial charge in [-0.05, 0) is 61.4 Å². The Hall–Kier alpha value is -3.61. The van der Waals surface area contributed by atoms with Crippen molar-refractivity contribution in [3.8, 4) is 0 Å². The Bertz CT molecular complexity index is 1120. The standard InChI is InChI=1S/C25H23F2N3O2/c26-20-10-11-23(27)19(13-20)16-30(22-8-1-2-9-22)25(32)17-5-3-7-21(14-17)29-24(31)18-6-4-12-28-15-18/h3-7,10-15,22H,1-2,8-9,16H2,(H,29,31). The van der Waals surface area contributed by atoms with Crippen molar-refractivity contribution < 1.29 is 18.4 Å². The maximum atomic E-state index is 14.3. The molecule has 0 spiro atoms. The lowest BCUT2D eigenvalue weighted by Crippen LogP contribution is -2.38. The zero-order chi connectivity index (χ0) is 22.5. The quantitative estimate of drug-likeness (QED) is 0.579. The van der Waals surface area contributed by atoms with E-state index in [2.05, 4.69) is 10.3 Å². The zero-order valence-corrected chi connectivity index (χ0v) is 17.4. The molecule has 0 atom stereocenters. The van der Waals surface area contributed by atoms with E-state index in [0.29, 0.717) is 16.8 Å².